The number of aromatic nitrogens is 1. The number of carboxylic acid groups (broad SMARTS) is 1. The molecule has 0 aliphatic heterocycles. The summed E-state index contributed by atoms with van der Waals surface area (Å²) in [6, 6.07) is 7.12. The zero-order valence-electron chi connectivity index (χ0n) is 10.0. The Hall–Kier alpha value is -2.60. The highest BCUT2D eigenvalue weighted by molar-refractivity contribution is 6.34. The predicted molar refractivity (Wildman–Crippen MR) is 73.4 cm³/mol. The Morgan fingerprint density at radius 1 is 1.20 bits per heavy atom. The van der Waals surface area contributed by atoms with E-state index in [0.717, 1.165) is 0 Å². The van der Waals surface area contributed by atoms with Gasteiger partial charge >= 0.3 is 5.97 Å². The molecule has 0 radical (unpaired) electrons. The Balaban J connectivity index is 2.39. The van der Waals surface area contributed by atoms with E-state index in [1.165, 1.54) is 36.5 Å². The van der Waals surface area contributed by atoms with Gasteiger partial charge in [-0.05, 0) is 24.3 Å². The summed E-state index contributed by atoms with van der Waals surface area (Å²) in [6.45, 7) is 0. The Labute approximate surface area is 118 Å². The Morgan fingerprint density at radius 2 is 1.95 bits per heavy atom. The Bertz CT molecular complexity index is 739. The number of amides is 1. The minimum Gasteiger partial charge on any atom is -0.478 e. The van der Waals surface area contributed by atoms with Crippen molar-refractivity contribution in [2.75, 3.05) is 5.32 Å². The standard InChI is InChI=1S/C13H9ClN2O4/c14-8-4-1-5-9(10(8)13(19)20)16-12(18)7-3-2-6-15-11(7)17/h1-6H,(H,15,17)(H,16,18)(H,19,20). The van der Waals surface area contributed by atoms with E-state index in [9.17, 15) is 14.4 Å². The van der Waals surface area contributed by atoms with Crippen LogP contribution in [0.4, 0.5) is 5.69 Å². The van der Waals surface area contributed by atoms with Gasteiger partial charge in [0.15, 0.2) is 0 Å². The van der Waals surface area contributed by atoms with Gasteiger partial charge in [0.1, 0.15) is 11.1 Å². The lowest BCUT2D eigenvalue weighted by Crippen LogP contribution is -2.23. The van der Waals surface area contributed by atoms with E-state index in [2.05, 4.69) is 10.3 Å². The molecule has 0 atom stereocenters. The first-order chi connectivity index (χ1) is 9.50. The molecule has 0 aliphatic rings. The second-order valence-electron chi connectivity index (χ2n) is 3.83. The molecule has 1 aromatic heterocycles. The number of rotatable bonds is 3. The Kier molecular flexibility index (Phi) is 3.86. The monoisotopic (exact) mass is 292 g/mol. The van der Waals surface area contributed by atoms with Gasteiger partial charge in [-0.2, -0.15) is 0 Å². The summed E-state index contributed by atoms with van der Waals surface area (Å²) in [7, 11) is 0. The van der Waals surface area contributed by atoms with Crippen LogP contribution < -0.4 is 10.9 Å². The maximum absolute atomic E-state index is 12.0. The number of pyridine rings is 1. The van der Waals surface area contributed by atoms with Gasteiger partial charge in [-0.1, -0.05) is 17.7 Å². The van der Waals surface area contributed by atoms with Gasteiger partial charge in [-0.3, -0.25) is 9.59 Å². The van der Waals surface area contributed by atoms with Crippen LogP contribution in [-0.2, 0) is 0 Å². The van der Waals surface area contributed by atoms with E-state index >= 15 is 0 Å². The maximum atomic E-state index is 12.0. The first-order valence-electron chi connectivity index (χ1n) is 5.51. The van der Waals surface area contributed by atoms with E-state index in [-0.39, 0.29) is 21.8 Å². The zero-order chi connectivity index (χ0) is 14.7. The van der Waals surface area contributed by atoms with E-state index < -0.39 is 17.4 Å². The van der Waals surface area contributed by atoms with Crippen LogP contribution in [0, 0.1) is 0 Å². The molecule has 0 bridgehead atoms. The lowest BCUT2D eigenvalue weighted by Gasteiger charge is -2.09. The van der Waals surface area contributed by atoms with Crippen molar-refractivity contribution in [3.05, 3.63) is 63.0 Å². The number of carboxylic acids is 1. The number of hydrogen-bond donors (Lipinski definition) is 3. The lowest BCUT2D eigenvalue weighted by molar-refractivity contribution is 0.0698. The number of anilines is 1. The molecule has 7 heteroatoms. The van der Waals surface area contributed by atoms with Gasteiger partial charge in [-0.25, -0.2) is 4.79 Å². The summed E-state index contributed by atoms with van der Waals surface area (Å²) in [6.07, 6.45) is 1.39. The summed E-state index contributed by atoms with van der Waals surface area (Å²) in [5.41, 5.74) is -0.888. The molecule has 20 heavy (non-hydrogen) atoms. The van der Waals surface area contributed by atoms with Crippen LogP contribution in [0.15, 0.2) is 41.3 Å². The summed E-state index contributed by atoms with van der Waals surface area (Å²) < 4.78 is 0. The molecule has 0 spiro atoms. The lowest BCUT2D eigenvalue weighted by atomic mass is 10.1. The second kappa shape index (κ2) is 5.58. The summed E-state index contributed by atoms with van der Waals surface area (Å²) in [5, 5.41) is 11.4. The second-order valence-corrected chi connectivity index (χ2v) is 4.24. The summed E-state index contributed by atoms with van der Waals surface area (Å²) in [5.74, 6) is -1.98. The number of aromatic amines is 1. The molecular weight excluding hydrogens is 284 g/mol. The number of carbonyl (C=O) groups excluding carboxylic acids is 1. The van der Waals surface area contributed by atoms with Crippen molar-refractivity contribution >= 4 is 29.2 Å². The molecule has 0 aliphatic carbocycles. The molecule has 2 aromatic rings. The average molecular weight is 293 g/mol. The van der Waals surface area contributed by atoms with Crippen molar-refractivity contribution in [3.8, 4) is 0 Å². The highest BCUT2D eigenvalue weighted by atomic mass is 35.5. The molecule has 1 heterocycles. The summed E-state index contributed by atoms with van der Waals surface area (Å²) >= 11 is 5.79. The fourth-order valence-electron chi connectivity index (χ4n) is 1.64. The van der Waals surface area contributed by atoms with Crippen LogP contribution >= 0.6 is 11.6 Å². The third kappa shape index (κ3) is 2.70. The summed E-state index contributed by atoms with van der Waals surface area (Å²) in [4.78, 5) is 36.9. The van der Waals surface area contributed by atoms with Gasteiger partial charge in [0.25, 0.3) is 11.5 Å². The van der Waals surface area contributed by atoms with Crippen molar-refractivity contribution in [2.24, 2.45) is 0 Å². The SMILES string of the molecule is O=C(O)c1c(Cl)cccc1NC(=O)c1ccc[nH]c1=O. The minimum absolute atomic E-state index is 0.00253. The van der Waals surface area contributed by atoms with Crippen LogP contribution in [0.3, 0.4) is 0 Å². The number of hydrogen-bond acceptors (Lipinski definition) is 3. The van der Waals surface area contributed by atoms with Crippen molar-refractivity contribution in [1.29, 1.82) is 0 Å². The highest BCUT2D eigenvalue weighted by Crippen LogP contribution is 2.24. The quantitative estimate of drug-likeness (QED) is 0.805. The van der Waals surface area contributed by atoms with Crippen molar-refractivity contribution in [1.82, 2.24) is 4.98 Å². The zero-order valence-corrected chi connectivity index (χ0v) is 10.8. The third-order valence-corrected chi connectivity index (χ3v) is 2.85. The van der Waals surface area contributed by atoms with Gasteiger partial charge in [-0.15, -0.1) is 0 Å². The van der Waals surface area contributed by atoms with Gasteiger partial charge in [0, 0.05) is 6.20 Å². The fraction of sp³-hybridized carbons (Fsp3) is 0. The van der Waals surface area contributed by atoms with E-state index in [4.69, 9.17) is 16.7 Å². The first-order valence-corrected chi connectivity index (χ1v) is 5.89. The molecule has 0 fully saturated rings. The van der Waals surface area contributed by atoms with Crippen LogP contribution in [0.2, 0.25) is 5.02 Å². The van der Waals surface area contributed by atoms with Crippen molar-refractivity contribution in [3.63, 3.8) is 0 Å². The molecule has 3 N–H and O–H groups in total. The normalized spacial score (nSPS) is 10.1. The average Bonchev–Trinajstić information content (AvgIpc) is 2.38. The molecule has 0 unspecified atom stereocenters. The number of halogens is 1. The largest absolute Gasteiger partial charge is 0.478 e. The van der Waals surface area contributed by atoms with Gasteiger partial charge in [0.2, 0.25) is 0 Å². The van der Waals surface area contributed by atoms with Gasteiger partial charge in [0.05, 0.1) is 10.7 Å². The number of benzene rings is 1. The Morgan fingerprint density at radius 3 is 2.60 bits per heavy atom. The van der Waals surface area contributed by atoms with Crippen LogP contribution in [0.1, 0.15) is 20.7 Å². The fourth-order valence-corrected chi connectivity index (χ4v) is 1.89. The smallest absolute Gasteiger partial charge is 0.339 e. The number of aromatic carboxylic acids is 1. The number of nitrogens with one attached hydrogen (secondary N) is 2. The molecule has 1 aromatic carbocycles. The molecule has 0 saturated carbocycles. The molecule has 102 valence electrons. The van der Waals surface area contributed by atoms with Crippen LogP contribution in [0.5, 0.6) is 0 Å². The van der Waals surface area contributed by atoms with Crippen LogP contribution in [-0.4, -0.2) is 22.0 Å². The van der Waals surface area contributed by atoms with E-state index in [1.54, 1.807) is 0 Å². The predicted octanol–water partition coefficient (Wildman–Crippen LogP) is 1.98. The number of carbonyl (C=O) groups is 2. The molecular formula is C13H9ClN2O4. The molecule has 1 amide bonds. The van der Waals surface area contributed by atoms with E-state index in [1.807, 2.05) is 0 Å². The maximum Gasteiger partial charge on any atom is 0.339 e. The third-order valence-electron chi connectivity index (χ3n) is 2.54. The molecule has 2 rings (SSSR count). The topological polar surface area (TPSA) is 99.3 Å². The van der Waals surface area contributed by atoms with Gasteiger partial charge < -0.3 is 15.4 Å². The van der Waals surface area contributed by atoms with Crippen molar-refractivity contribution in [2.45, 2.75) is 0 Å². The first kappa shape index (κ1) is 13.8. The minimum atomic E-state index is -1.27. The number of H-pyrrole nitrogens is 1. The van der Waals surface area contributed by atoms with E-state index in [0.29, 0.717) is 0 Å². The highest BCUT2D eigenvalue weighted by Gasteiger charge is 2.17. The molecule has 0 saturated heterocycles. The van der Waals surface area contributed by atoms with Crippen LogP contribution in [0.25, 0.3) is 0 Å². The van der Waals surface area contributed by atoms with Crippen molar-refractivity contribution < 1.29 is 14.7 Å². The molecule has 6 nitrogen and oxygen atoms in total.